The Hall–Kier alpha value is -2.03. The molecule has 7 heteroatoms. The summed E-state index contributed by atoms with van der Waals surface area (Å²) in [5.41, 5.74) is 3.34. The van der Waals surface area contributed by atoms with Gasteiger partial charge in [-0.25, -0.2) is 4.98 Å². The van der Waals surface area contributed by atoms with Gasteiger partial charge in [-0.3, -0.25) is 4.99 Å². The molecule has 0 spiro atoms. The lowest BCUT2D eigenvalue weighted by atomic mass is 10.1. The molecule has 0 fully saturated rings. The second kappa shape index (κ2) is 11.6. The highest BCUT2D eigenvalue weighted by Gasteiger charge is 2.07. The number of guanidine groups is 1. The van der Waals surface area contributed by atoms with Crippen LogP contribution in [0.25, 0.3) is 0 Å². The van der Waals surface area contributed by atoms with E-state index in [1.54, 1.807) is 20.4 Å². The third kappa shape index (κ3) is 7.62. The predicted octanol–water partition coefficient (Wildman–Crippen LogP) is 3.67. The topological polar surface area (TPSA) is 67.8 Å². The van der Waals surface area contributed by atoms with Crippen LogP contribution >= 0.6 is 24.0 Å². The van der Waals surface area contributed by atoms with E-state index < -0.39 is 0 Å². The van der Waals surface area contributed by atoms with Crippen molar-refractivity contribution in [2.45, 2.75) is 40.0 Å². The summed E-state index contributed by atoms with van der Waals surface area (Å²) < 4.78 is 11.1. The first-order valence-electron chi connectivity index (χ1n) is 8.71. The summed E-state index contributed by atoms with van der Waals surface area (Å²) in [6, 6.07) is 10.1. The Labute approximate surface area is 178 Å². The van der Waals surface area contributed by atoms with Crippen molar-refractivity contribution in [1.82, 2.24) is 15.6 Å². The molecule has 2 N–H and O–H groups in total. The van der Waals surface area contributed by atoms with Crippen LogP contribution in [0.5, 0.6) is 11.6 Å². The molecule has 0 atom stereocenters. The van der Waals surface area contributed by atoms with Crippen LogP contribution in [0.1, 0.15) is 30.5 Å². The Balaban J connectivity index is 0.00000364. The van der Waals surface area contributed by atoms with E-state index in [0.717, 1.165) is 22.8 Å². The van der Waals surface area contributed by atoms with E-state index in [-0.39, 0.29) is 30.1 Å². The van der Waals surface area contributed by atoms with Crippen molar-refractivity contribution < 1.29 is 9.47 Å². The standard InChI is InChI=1S/C20H28N4O2.HI/c1-14(2)26-18-10-15(3)6-7-17(18)13-24-20(21-4)23-12-16-8-9-22-19(11-16)25-5;/h6-11,14H,12-13H2,1-5H3,(H2,21,23,24);1H. The lowest BCUT2D eigenvalue weighted by Crippen LogP contribution is -2.36. The first-order chi connectivity index (χ1) is 12.5. The Morgan fingerprint density at radius 1 is 1.15 bits per heavy atom. The third-order valence-corrected chi connectivity index (χ3v) is 3.72. The van der Waals surface area contributed by atoms with Crippen LogP contribution in [0.15, 0.2) is 41.5 Å². The monoisotopic (exact) mass is 484 g/mol. The van der Waals surface area contributed by atoms with E-state index in [4.69, 9.17) is 9.47 Å². The van der Waals surface area contributed by atoms with E-state index in [9.17, 15) is 0 Å². The van der Waals surface area contributed by atoms with Crippen molar-refractivity contribution in [3.8, 4) is 11.6 Å². The Morgan fingerprint density at radius 2 is 1.89 bits per heavy atom. The van der Waals surface area contributed by atoms with Crippen LogP contribution in [0.2, 0.25) is 0 Å². The number of ether oxygens (including phenoxy) is 2. The molecule has 0 unspecified atom stereocenters. The summed E-state index contributed by atoms with van der Waals surface area (Å²) in [4.78, 5) is 8.39. The van der Waals surface area contributed by atoms with Crippen LogP contribution in [0, 0.1) is 6.92 Å². The van der Waals surface area contributed by atoms with Crippen molar-refractivity contribution in [3.05, 3.63) is 53.2 Å². The van der Waals surface area contributed by atoms with Crippen molar-refractivity contribution in [2.24, 2.45) is 4.99 Å². The van der Waals surface area contributed by atoms with Crippen LogP contribution < -0.4 is 20.1 Å². The van der Waals surface area contributed by atoms with Crippen LogP contribution in [-0.2, 0) is 13.1 Å². The van der Waals surface area contributed by atoms with Gasteiger partial charge in [0, 0.05) is 38.0 Å². The fourth-order valence-corrected chi connectivity index (χ4v) is 2.43. The summed E-state index contributed by atoms with van der Waals surface area (Å²) in [6.07, 6.45) is 1.86. The van der Waals surface area contributed by atoms with Crippen molar-refractivity contribution >= 4 is 29.9 Å². The SMILES string of the molecule is CN=C(NCc1ccnc(OC)c1)NCc1ccc(C)cc1OC(C)C.I. The zero-order chi connectivity index (χ0) is 18.9. The van der Waals surface area contributed by atoms with Gasteiger partial charge in [-0.2, -0.15) is 0 Å². The van der Waals surface area contributed by atoms with Gasteiger partial charge in [-0.05, 0) is 44.0 Å². The first-order valence-corrected chi connectivity index (χ1v) is 8.71. The van der Waals surface area contributed by atoms with Gasteiger partial charge < -0.3 is 20.1 Å². The molecule has 0 amide bonds. The van der Waals surface area contributed by atoms with Crippen molar-refractivity contribution in [1.29, 1.82) is 0 Å². The zero-order valence-corrected chi connectivity index (χ0v) is 18.9. The maximum absolute atomic E-state index is 5.93. The van der Waals surface area contributed by atoms with Gasteiger partial charge in [-0.15, -0.1) is 24.0 Å². The molecule has 2 aromatic rings. The molecule has 1 heterocycles. The van der Waals surface area contributed by atoms with Gasteiger partial charge >= 0.3 is 0 Å². The van der Waals surface area contributed by atoms with Gasteiger partial charge in [0.1, 0.15) is 5.75 Å². The normalized spacial score (nSPS) is 11.0. The summed E-state index contributed by atoms with van der Waals surface area (Å²) in [7, 11) is 3.36. The Kier molecular flexibility index (Phi) is 9.92. The molecule has 0 saturated carbocycles. The van der Waals surface area contributed by atoms with Gasteiger partial charge in [0.2, 0.25) is 5.88 Å². The van der Waals surface area contributed by atoms with E-state index in [2.05, 4.69) is 45.7 Å². The molecule has 27 heavy (non-hydrogen) atoms. The molecule has 2 rings (SSSR count). The van der Waals surface area contributed by atoms with Gasteiger partial charge in [0.15, 0.2) is 5.96 Å². The number of nitrogens with one attached hydrogen (secondary N) is 2. The van der Waals surface area contributed by atoms with E-state index in [0.29, 0.717) is 19.0 Å². The minimum Gasteiger partial charge on any atom is -0.491 e. The zero-order valence-electron chi connectivity index (χ0n) is 16.6. The highest BCUT2D eigenvalue weighted by atomic mass is 127. The maximum atomic E-state index is 5.93. The number of benzene rings is 1. The number of nitrogens with zero attached hydrogens (tertiary/aromatic N) is 2. The van der Waals surface area contributed by atoms with Crippen molar-refractivity contribution in [2.75, 3.05) is 14.2 Å². The fourth-order valence-electron chi connectivity index (χ4n) is 2.43. The second-order valence-electron chi connectivity index (χ2n) is 6.26. The maximum Gasteiger partial charge on any atom is 0.213 e. The minimum atomic E-state index is 0. The number of aliphatic imine (C=N–C) groups is 1. The molecular formula is C20H29IN4O2. The Morgan fingerprint density at radius 3 is 2.56 bits per heavy atom. The summed E-state index contributed by atoms with van der Waals surface area (Å²) >= 11 is 0. The van der Waals surface area contributed by atoms with Crippen molar-refractivity contribution in [3.63, 3.8) is 0 Å². The van der Waals surface area contributed by atoms with E-state index in [1.165, 1.54) is 5.56 Å². The predicted molar refractivity (Wildman–Crippen MR) is 120 cm³/mol. The molecular weight excluding hydrogens is 455 g/mol. The molecule has 0 aliphatic heterocycles. The third-order valence-electron chi connectivity index (χ3n) is 3.72. The molecule has 0 radical (unpaired) electrons. The number of pyridine rings is 1. The second-order valence-corrected chi connectivity index (χ2v) is 6.26. The molecule has 0 bridgehead atoms. The van der Waals surface area contributed by atoms with E-state index >= 15 is 0 Å². The van der Waals surface area contributed by atoms with Crippen LogP contribution in [0.4, 0.5) is 0 Å². The highest BCUT2D eigenvalue weighted by Crippen LogP contribution is 2.21. The lowest BCUT2D eigenvalue weighted by molar-refractivity contribution is 0.239. The molecule has 6 nitrogen and oxygen atoms in total. The molecule has 0 aliphatic carbocycles. The lowest BCUT2D eigenvalue weighted by Gasteiger charge is -2.17. The van der Waals surface area contributed by atoms with E-state index in [1.807, 2.05) is 26.0 Å². The number of methoxy groups -OCH3 is 1. The number of hydrogen-bond donors (Lipinski definition) is 2. The number of aromatic nitrogens is 1. The van der Waals surface area contributed by atoms with Crippen LogP contribution in [-0.4, -0.2) is 31.2 Å². The molecule has 148 valence electrons. The van der Waals surface area contributed by atoms with Gasteiger partial charge in [0.05, 0.1) is 13.2 Å². The van der Waals surface area contributed by atoms with Crippen LogP contribution in [0.3, 0.4) is 0 Å². The smallest absolute Gasteiger partial charge is 0.213 e. The molecule has 0 saturated heterocycles. The minimum absolute atomic E-state index is 0. The quantitative estimate of drug-likeness (QED) is 0.357. The Bertz CT molecular complexity index is 751. The largest absolute Gasteiger partial charge is 0.491 e. The number of halogens is 1. The first kappa shape index (κ1) is 23.0. The summed E-state index contributed by atoms with van der Waals surface area (Å²) in [5.74, 6) is 2.22. The number of hydrogen-bond acceptors (Lipinski definition) is 4. The summed E-state index contributed by atoms with van der Waals surface area (Å²) in [6.45, 7) is 7.38. The van der Waals surface area contributed by atoms with Gasteiger partial charge in [0.25, 0.3) is 0 Å². The highest BCUT2D eigenvalue weighted by molar-refractivity contribution is 14.0. The number of rotatable bonds is 7. The fraction of sp³-hybridized carbons (Fsp3) is 0.400. The molecule has 0 aliphatic rings. The average molecular weight is 484 g/mol. The van der Waals surface area contributed by atoms with Gasteiger partial charge in [-0.1, -0.05) is 12.1 Å². The average Bonchev–Trinajstić information content (AvgIpc) is 2.63. The number of aryl methyl sites for hydroxylation is 1. The molecule has 1 aromatic carbocycles. The molecule has 1 aromatic heterocycles. The summed E-state index contributed by atoms with van der Waals surface area (Å²) in [5, 5.41) is 6.62.